The van der Waals surface area contributed by atoms with Crippen molar-refractivity contribution in [1.29, 1.82) is 0 Å². The van der Waals surface area contributed by atoms with E-state index in [4.69, 9.17) is 0 Å². The molecule has 0 heteroatoms. The van der Waals surface area contributed by atoms with E-state index in [1.807, 2.05) is 0 Å². The van der Waals surface area contributed by atoms with Crippen molar-refractivity contribution in [2.24, 2.45) is 0 Å². The summed E-state index contributed by atoms with van der Waals surface area (Å²) in [5.41, 5.74) is 6.22. The summed E-state index contributed by atoms with van der Waals surface area (Å²) >= 11 is 0. The minimum absolute atomic E-state index is 1.15. The first-order valence-corrected chi connectivity index (χ1v) is 39.6. The van der Waals surface area contributed by atoms with Gasteiger partial charge in [0.1, 0.15) is 0 Å². The van der Waals surface area contributed by atoms with E-state index in [2.05, 4.69) is 113 Å². The van der Waals surface area contributed by atoms with Gasteiger partial charge in [0.2, 0.25) is 0 Å². The molecule has 0 amide bonds. The van der Waals surface area contributed by atoms with Crippen molar-refractivity contribution in [2.75, 3.05) is 0 Å². The molecule has 0 N–H and O–H groups in total. The molecule has 0 spiro atoms. The Hall–Kier alpha value is -5.72. The van der Waals surface area contributed by atoms with Crippen LogP contribution in [0.3, 0.4) is 0 Å². The number of unbranched alkanes of at least 4 members (excludes halogenated alkanes) is 36. The number of fused-ring (bicyclic) bond motifs is 5. The Labute approximate surface area is 554 Å². The van der Waals surface area contributed by atoms with Crippen LogP contribution in [-0.2, 0) is 25.7 Å². The van der Waals surface area contributed by atoms with Crippen molar-refractivity contribution in [3.8, 4) is 0 Å². The summed E-state index contributed by atoms with van der Waals surface area (Å²) in [6.07, 6.45) is 59.6. The summed E-state index contributed by atoms with van der Waals surface area (Å²) in [6, 6.07) is 37.2. The summed E-state index contributed by atoms with van der Waals surface area (Å²) in [7, 11) is 0. The van der Waals surface area contributed by atoms with Gasteiger partial charge in [-0.05, 0) is 214 Å². The van der Waals surface area contributed by atoms with Crippen LogP contribution in [0.5, 0.6) is 0 Å². The van der Waals surface area contributed by atoms with Gasteiger partial charge in [0.05, 0.1) is 0 Å². The van der Waals surface area contributed by atoms with E-state index in [1.165, 1.54) is 343 Å². The van der Waals surface area contributed by atoms with Crippen LogP contribution in [-0.4, -0.2) is 0 Å². The fourth-order valence-corrected chi connectivity index (χ4v) is 18.9. The van der Waals surface area contributed by atoms with E-state index in [-0.39, 0.29) is 0 Å². The molecule has 0 atom stereocenters. The summed E-state index contributed by atoms with van der Waals surface area (Å²) in [5.74, 6) is 0. The Morgan fingerprint density at radius 3 is 0.543 bits per heavy atom. The van der Waals surface area contributed by atoms with Crippen LogP contribution in [0.4, 0.5) is 0 Å². The van der Waals surface area contributed by atoms with Crippen molar-refractivity contribution in [2.45, 2.75) is 310 Å². The maximum atomic E-state index is 2.78. The van der Waals surface area contributed by atoms with Crippen LogP contribution < -0.4 is 0 Å². The van der Waals surface area contributed by atoms with Gasteiger partial charge in [-0.2, -0.15) is 0 Å². The lowest BCUT2D eigenvalue weighted by Gasteiger charge is -2.30. The normalized spacial score (nSPS) is 13.0. The molecule has 14 rings (SSSR count). The molecule has 0 aliphatic rings. The molecule has 0 radical (unpaired) electrons. The van der Waals surface area contributed by atoms with Crippen LogP contribution in [0.15, 0.2) is 84.9 Å². The Kier molecular flexibility index (Phi) is 20.7. The Morgan fingerprint density at radius 2 is 0.326 bits per heavy atom. The average molecular weight is 1220 g/mol. The molecule has 0 saturated carbocycles. The highest BCUT2D eigenvalue weighted by molar-refractivity contribution is 6.62. The summed E-state index contributed by atoms with van der Waals surface area (Å²) in [4.78, 5) is 0. The van der Waals surface area contributed by atoms with Gasteiger partial charge in [0.25, 0.3) is 0 Å². The Balaban J connectivity index is 0.953. The van der Waals surface area contributed by atoms with Crippen molar-refractivity contribution in [3.63, 3.8) is 0 Å². The second-order valence-corrected chi connectivity index (χ2v) is 30.5. The second-order valence-electron chi connectivity index (χ2n) is 30.5. The maximum absolute atomic E-state index is 2.78. The first-order valence-electron chi connectivity index (χ1n) is 39.6. The standard InChI is InChI=1S/C92H114/c1-5-9-13-17-21-25-29-33-37-41-45-63-55-71-69-53-51-67-49-50-68-52-54-70-72-56-64(46-42-38-34-30-26-22-18-14-10-6-2)58-74-76-60-66(48-44-40-36-32-28-24-20-16-12-8-4)62-78-77-61-65(47-43-39-35-31-27-23-19-15-11-7-3)59-75-73(57-63)81(71)89-87(83(75)77)88(84(76)78)90(82(72)74)92-86(70)80(68)79(67)85(69)91(89)92/h49-62H,5-48H2,1-4H3. The van der Waals surface area contributed by atoms with Crippen molar-refractivity contribution in [1.82, 2.24) is 0 Å². The maximum Gasteiger partial charge on any atom is -0.0000249 e. The molecule has 14 aromatic rings. The molecule has 0 aliphatic carbocycles. The number of rotatable bonds is 44. The largest absolute Gasteiger partial charge is 0.0654 e. The molecule has 0 aliphatic heterocycles. The van der Waals surface area contributed by atoms with Gasteiger partial charge in [-0.15, -0.1) is 0 Å². The van der Waals surface area contributed by atoms with Crippen LogP contribution in [0.1, 0.15) is 307 Å². The second kappa shape index (κ2) is 29.9. The van der Waals surface area contributed by atoms with Crippen LogP contribution in [0.25, 0.3) is 140 Å². The first-order chi connectivity index (χ1) is 45.6. The molecule has 14 aromatic carbocycles. The number of aryl methyl sites for hydroxylation is 4. The zero-order chi connectivity index (χ0) is 62.3. The SMILES string of the molecule is CCCCCCCCCCCCc1cc2c3cc(CCCCCCCCCCCC)cc4c5cc(CCCCCCCCCCCC)cc6c7ccc8ccc9ccc%10c%11cc(CCCCCCCCCCCC)cc%12c(c1)c2c1c(c34)c(c56)c2c7c8c9c%10c2c1c%12%11. The molecule has 0 heterocycles. The van der Waals surface area contributed by atoms with Crippen LogP contribution >= 0.6 is 0 Å². The molecule has 0 aromatic heterocycles. The third kappa shape index (κ3) is 12.4. The smallest absolute Gasteiger partial charge is 0.0000249 e. The molecule has 482 valence electrons. The van der Waals surface area contributed by atoms with Crippen molar-refractivity contribution < 1.29 is 0 Å². The van der Waals surface area contributed by atoms with Crippen molar-refractivity contribution in [3.05, 3.63) is 107 Å². The van der Waals surface area contributed by atoms with E-state index in [0.717, 1.165) is 25.7 Å². The predicted octanol–water partition coefficient (Wildman–Crippen LogP) is 30.6. The zero-order valence-electron chi connectivity index (χ0n) is 58.2. The topological polar surface area (TPSA) is 0 Å². The highest BCUT2D eigenvalue weighted by atomic mass is 14.4. The Bertz CT molecular complexity index is 4290. The monoisotopic (exact) mass is 1220 g/mol. The molecular formula is C92H114. The third-order valence-corrected chi connectivity index (χ3v) is 23.7. The van der Waals surface area contributed by atoms with E-state index < -0.39 is 0 Å². The summed E-state index contributed by atoms with van der Waals surface area (Å²) < 4.78 is 0. The Morgan fingerprint density at radius 1 is 0.152 bits per heavy atom. The van der Waals surface area contributed by atoms with Crippen LogP contribution in [0.2, 0.25) is 0 Å². The highest BCUT2D eigenvalue weighted by Gasteiger charge is 2.33. The lowest BCUT2D eigenvalue weighted by atomic mass is 9.72. The minimum atomic E-state index is 1.15. The lowest BCUT2D eigenvalue weighted by molar-refractivity contribution is 0.556. The molecular weight excluding hydrogens is 1110 g/mol. The molecule has 0 saturated heterocycles. The number of benzene rings is 14. The van der Waals surface area contributed by atoms with Gasteiger partial charge in [-0.25, -0.2) is 0 Å². The van der Waals surface area contributed by atoms with E-state index >= 15 is 0 Å². The lowest BCUT2D eigenvalue weighted by Crippen LogP contribution is -2.03. The molecule has 0 unspecified atom stereocenters. The highest BCUT2D eigenvalue weighted by Crippen LogP contribution is 2.61. The number of hydrogen-bond acceptors (Lipinski definition) is 0. The van der Waals surface area contributed by atoms with E-state index in [1.54, 1.807) is 76.1 Å². The van der Waals surface area contributed by atoms with Gasteiger partial charge in [0, 0.05) is 0 Å². The quantitative estimate of drug-likeness (QED) is 0.0203. The summed E-state index contributed by atoms with van der Waals surface area (Å²) in [5, 5.41) is 39.7. The summed E-state index contributed by atoms with van der Waals surface area (Å²) in [6.45, 7) is 9.36. The van der Waals surface area contributed by atoms with E-state index in [9.17, 15) is 0 Å². The fraction of sp³-hybridized carbons (Fsp3) is 0.522. The predicted molar refractivity (Wildman–Crippen MR) is 415 cm³/mol. The van der Waals surface area contributed by atoms with Gasteiger partial charge >= 0.3 is 0 Å². The van der Waals surface area contributed by atoms with Gasteiger partial charge in [-0.1, -0.05) is 344 Å². The van der Waals surface area contributed by atoms with Gasteiger partial charge < -0.3 is 0 Å². The van der Waals surface area contributed by atoms with Gasteiger partial charge in [-0.3, -0.25) is 0 Å². The first kappa shape index (κ1) is 63.7. The molecule has 0 nitrogen and oxygen atoms in total. The fourth-order valence-electron chi connectivity index (χ4n) is 18.9. The average Bonchev–Trinajstić information content (AvgIpc) is 0.643. The number of hydrogen-bond donors (Lipinski definition) is 0. The van der Waals surface area contributed by atoms with Crippen LogP contribution in [0, 0.1) is 0 Å². The zero-order valence-corrected chi connectivity index (χ0v) is 58.2. The molecule has 0 fully saturated rings. The minimum Gasteiger partial charge on any atom is -0.0654 e. The third-order valence-electron chi connectivity index (χ3n) is 23.7. The molecule has 92 heavy (non-hydrogen) atoms. The van der Waals surface area contributed by atoms with E-state index in [0.29, 0.717) is 0 Å². The van der Waals surface area contributed by atoms with Gasteiger partial charge in [0.15, 0.2) is 0 Å². The molecule has 0 bridgehead atoms. The van der Waals surface area contributed by atoms with Crippen molar-refractivity contribution >= 4 is 140 Å².